The van der Waals surface area contributed by atoms with Gasteiger partial charge in [-0.3, -0.25) is 9.55 Å². The van der Waals surface area contributed by atoms with Gasteiger partial charge < -0.3 is 9.67 Å². The Bertz CT molecular complexity index is 3510. The van der Waals surface area contributed by atoms with Crippen LogP contribution in [0.5, 0.6) is 5.75 Å². The van der Waals surface area contributed by atoms with Crippen LogP contribution in [0.1, 0.15) is 9.68 Å². The van der Waals surface area contributed by atoms with E-state index in [4.69, 9.17) is 14.1 Å². The fraction of sp³-hybridized carbons (Fsp3) is 0.0182. The van der Waals surface area contributed by atoms with E-state index in [1.165, 1.54) is 0 Å². The van der Waals surface area contributed by atoms with Crippen LogP contribution in [0.4, 0.5) is 0 Å². The molecule has 61 heavy (non-hydrogen) atoms. The van der Waals surface area contributed by atoms with Crippen LogP contribution < -0.4 is 0 Å². The quantitative estimate of drug-likeness (QED) is 0.162. The van der Waals surface area contributed by atoms with Crippen LogP contribution in [0.15, 0.2) is 200 Å². The molecule has 8 aromatic carbocycles. The normalized spacial score (nSPS) is 12.2. The van der Waals surface area contributed by atoms with Crippen molar-refractivity contribution in [3.8, 4) is 73.2 Å². The molecule has 3 heterocycles. The smallest absolute Gasteiger partial charge is 0.148 e. The third kappa shape index (κ3) is 6.55. The molecule has 0 spiro atoms. The fourth-order valence-corrected chi connectivity index (χ4v) is 8.56. The van der Waals surface area contributed by atoms with Gasteiger partial charge in [-0.15, -0.1) is 11.6 Å². The van der Waals surface area contributed by atoms with Gasteiger partial charge in [0.05, 0.1) is 22.3 Å². The van der Waals surface area contributed by atoms with Crippen LogP contribution in [0.3, 0.4) is 0 Å². The third-order valence-electron chi connectivity index (χ3n) is 11.3. The van der Waals surface area contributed by atoms with E-state index in [1.54, 1.807) is 24.4 Å². The Kier molecular flexibility index (Phi) is 8.88. The number of fused-ring (bicyclic) bond motifs is 4. The molecule has 0 fully saturated rings. The molecule has 0 radical (unpaired) electrons. The number of hydrogen-bond donors (Lipinski definition) is 1. The van der Waals surface area contributed by atoms with Crippen molar-refractivity contribution in [2.75, 3.05) is 0 Å². The maximum Gasteiger partial charge on any atom is 0.148 e. The van der Waals surface area contributed by atoms with Crippen LogP contribution in [0.2, 0.25) is 0 Å². The summed E-state index contributed by atoms with van der Waals surface area (Å²) in [5.74, 6) is 0.741. The van der Waals surface area contributed by atoms with Crippen molar-refractivity contribution in [2.45, 2.75) is 6.85 Å². The number of imidazole rings is 1. The molecule has 0 unspecified atom stereocenters. The minimum atomic E-state index is -2.19. The Morgan fingerprint density at radius 3 is 2.05 bits per heavy atom. The van der Waals surface area contributed by atoms with E-state index >= 15 is 0 Å². The van der Waals surface area contributed by atoms with Gasteiger partial charge in [-0.1, -0.05) is 168 Å². The molecule has 0 aliphatic rings. The number of benzene rings is 8. The zero-order valence-electron chi connectivity index (χ0n) is 35.6. The molecular formula is C55H37N4OPt-. The van der Waals surface area contributed by atoms with Gasteiger partial charge in [0.1, 0.15) is 11.6 Å². The molecule has 0 aliphatic carbocycles. The van der Waals surface area contributed by atoms with E-state index in [9.17, 15) is 5.11 Å². The number of aryl methyl sites for hydroxylation is 1. The number of hydrogen-bond acceptors (Lipinski definition) is 3. The Labute approximate surface area is 372 Å². The van der Waals surface area contributed by atoms with Crippen LogP contribution in [-0.4, -0.2) is 24.2 Å². The van der Waals surface area contributed by atoms with Crippen molar-refractivity contribution in [1.29, 1.82) is 0 Å². The van der Waals surface area contributed by atoms with Crippen molar-refractivity contribution in [3.63, 3.8) is 0 Å². The minimum Gasteiger partial charge on any atom is -0.507 e. The maximum atomic E-state index is 11.4. The van der Waals surface area contributed by atoms with Crippen molar-refractivity contribution in [2.24, 2.45) is 0 Å². The van der Waals surface area contributed by atoms with Gasteiger partial charge in [0.15, 0.2) is 0 Å². The maximum absolute atomic E-state index is 11.4. The topological polar surface area (TPSA) is 55.9 Å². The van der Waals surface area contributed by atoms with Gasteiger partial charge in [0.25, 0.3) is 0 Å². The predicted molar refractivity (Wildman–Crippen MR) is 246 cm³/mol. The van der Waals surface area contributed by atoms with E-state index in [0.717, 1.165) is 83.2 Å². The molecule has 5 nitrogen and oxygen atoms in total. The first kappa shape index (κ1) is 34.5. The van der Waals surface area contributed by atoms with E-state index in [2.05, 4.69) is 112 Å². The van der Waals surface area contributed by atoms with E-state index in [1.807, 2.05) is 78.9 Å². The number of phenolic OH excluding ortho intramolecular Hbond substituents is 1. The molecule has 0 bridgehead atoms. The molecule has 3 aromatic heterocycles. The van der Waals surface area contributed by atoms with Crippen LogP contribution >= 0.6 is 0 Å². The largest absolute Gasteiger partial charge is 0.507 e. The standard InChI is InChI=1S/C55H37N4O.Pt/c1-36-27-29-37(30-28-36)39-31-32-56-47(34-39)40-33-46(53-44-20-9-12-24-49(44)58(51(53)35-40)41-17-6-3-7-18-41)43-22-14-25-50-54(43)57-55(45-21-10-13-26-52(45)60)59(50)48-23-11-8-19-42(48)38-15-4-2-5-16-38;/h2-32,34-35,60H,1H3;/q-1;/i1D3;. The molecule has 11 rings (SSSR count). The summed E-state index contributed by atoms with van der Waals surface area (Å²) in [7, 11) is 0. The molecule has 1 N–H and O–H groups in total. The van der Waals surface area contributed by atoms with Gasteiger partial charge in [-0.05, 0) is 83.0 Å². The zero-order chi connectivity index (χ0) is 42.7. The SMILES string of the molecule is [2H]C([2H])([2H])c1ccc(-c2ccnc(-c3[c-]c(-c4cccc5c4nc(-c4ccccc4O)n5-c4ccccc4-c4ccccc4)c4c5ccccc5n(-c5ccccc5)c4c3)c2)cc1.[Pt]. The molecule has 6 heteroatoms. The monoisotopic (exact) mass is 967 g/mol. The van der Waals surface area contributed by atoms with Crippen LogP contribution in [0, 0.1) is 12.9 Å². The number of aromatic nitrogens is 4. The Morgan fingerprint density at radius 1 is 0.557 bits per heavy atom. The first-order valence-electron chi connectivity index (χ1n) is 21.4. The van der Waals surface area contributed by atoms with E-state index in [-0.39, 0.29) is 26.8 Å². The summed E-state index contributed by atoms with van der Waals surface area (Å²) in [6.07, 6.45) is 1.79. The number of nitrogens with zero attached hydrogens (tertiary/aromatic N) is 4. The molecule has 0 saturated heterocycles. The predicted octanol–water partition coefficient (Wildman–Crippen LogP) is 13.7. The van der Waals surface area contributed by atoms with Gasteiger partial charge in [-0.2, -0.15) is 0 Å². The van der Waals surface area contributed by atoms with Gasteiger partial charge >= 0.3 is 0 Å². The van der Waals surface area contributed by atoms with Crippen LogP contribution in [0.25, 0.3) is 100 Å². The number of rotatable bonds is 7. The first-order chi connectivity index (χ1) is 30.8. The second-order valence-corrected chi connectivity index (χ2v) is 14.9. The molecule has 0 aliphatic heterocycles. The minimum absolute atomic E-state index is 0. The van der Waals surface area contributed by atoms with E-state index < -0.39 is 6.85 Å². The average Bonchev–Trinajstić information content (AvgIpc) is 3.88. The Morgan fingerprint density at radius 2 is 1.25 bits per heavy atom. The Hall–Kier alpha value is -7.33. The number of para-hydroxylation sites is 5. The number of phenols is 1. The summed E-state index contributed by atoms with van der Waals surface area (Å²) in [5.41, 5.74) is 13.6. The molecule has 294 valence electrons. The summed E-state index contributed by atoms with van der Waals surface area (Å²) in [6.45, 7) is -2.19. The molecule has 11 aromatic rings. The Balaban J connectivity index is 0.00000484. The van der Waals surface area contributed by atoms with Crippen molar-refractivity contribution in [3.05, 3.63) is 212 Å². The van der Waals surface area contributed by atoms with Gasteiger partial charge in [-0.25, -0.2) is 4.98 Å². The van der Waals surface area contributed by atoms with Crippen molar-refractivity contribution >= 4 is 32.8 Å². The summed E-state index contributed by atoms with van der Waals surface area (Å²) >= 11 is 0. The van der Waals surface area contributed by atoms with Crippen molar-refractivity contribution in [1.82, 2.24) is 19.1 Å². The second kappa shape index (κ2) is 15.7. The zero-order valence-corrected chi connectivity index (χ0v) is 34.9. The first-order valence-corrected chi connectivity index (χ1v) is 19.9. The average molecular weight is 968 g/mol. The summed E-state index contributed by atoms with van der Waals surface area (Å²) in [5, 5.41) is 13.5. The molecule has 0 amide bonds. The van der Waals surface area contributed by atoms with E-state index in [0.29, 0.717) is 22.6 Å². The van der Waals surface area contributed by atoms with Crippen molar-refractivity contribution < 1.29 is 30.3 Å². The number of pyridine rings is 1. The summed E-state index contributed by atoms with van der Waals surface area (Å²) < 4.78 is 28.1. The second-order valence-electron chi connectivity index (χ2n) is 14.9. The third-order valence-corrected chi connectivity index (χ3v) is 11.3. The summed E-state index contributed by atoms with van der Waals surface area (Å²) in [4.78, 5) is 10.4. The molecule has 0 atom stereocenters. The fourth-order valence-electron chi connectivity index (χ4n) is 8.56. The van der Waals surface area contributed by atoms with Gasteiger partial charge in [0, 0.05) is 53.8 Å². The molecule has 0 saturated carbocycles. The number of aromatic hydroxyl groups is 1. The van der Waals surface area contributed by atoms with Crippen LogP contribution in [-0.2, 0) is 21.1 Å². The molecular weight excluding hydrogens is 928 g/mol. The summed E-state index contributed by atoms with van der Waals surface area (Å²) in [6, 6.07) is 68.1. The van der Waals surface area contributed by atoms with Gasteiger partial charge in [0.2, 0.25) is 0 Å².